The van der Waals surface area contributed by atoms with Crippen LogP contribution >= 0.6 is 0 Å². The summed E-state index contributed by atoms with van der Waals surface area (Å²) in [7, 11) is 1.45. The van der Waals surface area contributed by atoms with Gasteiger partial charge in [0, 0.05) is 37.5 Å². The van der Waals surface area contributed by atoms with Crippen molar-refractivity contribution in [3.63, 3.8) is 0 Å². The van der Waals surface area contributed by atoms with E-state index < -0.39 is 11.5 Å². The first-order valence-electron chi connectivity index (χ1n) is 7.97. The molecule has 0 saturated carbocycles. The standard InChI is InChI=1S/C18H21FN2O2/c1-23-13-17(22)14-6-7-15(16(19)12-14)18(8-5-9-20-18)21-10-3-2-4-11-21/h5-9,12H,2-4,10-11,13H2,1H3. The van der Waals surface area contributed by atoms with Crippen LogP contribution in [-0.2, 0) is 10.4 Å². The van der Waals surface area contributed by atoms with Crippen LogP contribution in [0.25, 0.3) is 0 Å². The summed E-state index contributed by atoms with van der Waals surface area (Å²) in [6.45, 7) is 1.74. The van der Waals surface area contributed by atoms with Crippen molar-refractivity contribution < 1.29 is 13.9 Å². The molecule has 1 aromatic carbocycles. The zero-order chi connectivity index (χ0) is 16.3. The molecular weight excluding hydrogens is 295 g/mol. The molecule has 4 nitrogen and oxygen atoms in total. The number of piperidine rings is 1. The Balaban J connectivity index is 1.96. The lowest BCUT2D eigenvalue weighted by Crippen LogP contribution is -2.46. The number of hydrogen-bond acceptors (Lipinski definition) is 4. The molecule has 0 aliphatic carbocycles. The van der Waals surface area contributed by atoms with Crippen LogP contribution in [0.5, 0.6) is 0 Å². The maximum atomic E-state index is 14.8. The van der Waals surface area contributed by atoms with Gasteiger partial charge in [0.05, 0.1) is 0 Å². The largest absolute Gasteiger partial charge is 0.377 e. The molecule has 2 aliphatic rings. The molecule has 1 fully saturated rings. The predicted molar refractivity (Wildman–Crippen MR) is 87.3 cm³/mol. The lowest BCUT2D eigenvalue weighted by Gasteiger charge is -2.40. The molecule has 0 aromatic heterocycles. The number of likely N-dealkylation sites (tertiary alicyclic amines) is 1. The number of benzene rings is 1. The second-order valence-corrected chi connectivity index (χ2v) is 5.96. The summed E-state index contributed by atoms with van der Waals surface area (Å²) in [5.41, 5.74) is 0.0547. The molecular formula is C18H21FN2O2. The molecule has 1 saturated heterocycles. The number of methoxy groups -OCH3 is 1. The van der Waals surface area contributed by atoms with Gasteiger partial charge in [0.15, 0.2) is 11.4 Å². The lowest BCUT2D eigenvalue weighted by molar-refractivity contribution is 0.0846. The number of Topliss-reactive ketones (excluding diaryl/α,β-unsaturated/α-hetero) is 1. The van der Waals surface area contributed by atoms with E-state index in [1.165, 1.54) is 19.6 Å². The first-order chi connectivity index (χ1) is 11.2. The van der Waals surface area contributed by atoms with E-state index in [9.17, 15) is 9.18 Å². The first-order valence-corrected chi connectivity index (χ1v) is 7.97. The van der Waals surface area contributed by atoms with Crippen molar-refractivity contribution in [1.29, 1.82) is 0 Å². The number of ether oxygens (including phenoxy) is 1. The van der Waals surface area contributed by atoms with E-state index in [1.54, 1.807) is 18.3 Å². The van der Waals surface area contributed by atoms with Crippen LogP contribution < -0.4 is 0 Å². The summed E-state index contributed by atoms with van der Waals surface area (Å²) < 4.78 is 19.6. The van der Waals surface area contributed by atoms with E-state index in [4.69, 9.17) is 4.74 Å². The Labute approximate surface area is 135 Å². The van der Waals surface area contributed by atoms with Crippen molar-refractivity contribution in [2.24, 2.45) is 4.99 Å². The van der Waals surface area contributed by atoms with Crippen LogP contribution in [0.2, 0.25) is 0 Å². The molecule has 1 atom stereocenters. The van der Waals surface area contributed by atoms with Gasteiger partial charge < -0.3 is 4.74 Å². The molecule has 0 radical (unpaired) electrons. The Morgan fingerprint density at radius 3 is 2.74 bits per heavy atom. The lowest BCUT2D eigenvalue weighted by atomic mass is 9.93. The average Bonchev–Trinajstić information content (AvgIpc) is 3.06. The fraction of sp³-hybridized carbons (Fsp3) is 0.444. The minimum atomic E-state index is -0.770. The van der Waals surface area contributed by atoms with Crippen molar-refractivity contribution in [1.82, 2.24) is 4.90 Å². The van der Waals surface area contributed by atoms with Gasteiger partial charge in [-0.2, -0.15) is 0 Å². The van der Waals surface area contributed by atoms with Gasteiger partial charge in [-0.05, 0) is 31.1 Å². The smallest absolute Gasteiger partial charge is 0.188 e. The Morgan fingerprint density at radius 1 is 1.35 bits per heavy atom. The van der Waals surface area contributed by atoms with Gasteiger partial charge in [-0.1, -0.05) is 18.6 Å². The highest BCUT2D eigenvalue weighted by atomic mass is 19.1. The van der Waals surface area contributed by atoms with Crippen molar-refractivity contribution in [3.05, 3.63) is 47.3 Å². The highest BCUT2D eigenvalue weighted by molar-refractivity contribution is 5.97. The fourth-order valence-corrected chi connectivity index (χ4v) is 3.33. The molecule has 0 bridgehead atoms. The SMILES string of the molecule is COCC(=O)c1ccc(C2(N3CCCCC3)C=CC=N2)c(F)c1. The molecule has 0 N–H and O–H groups in total. The number of halogens is 1. The van der Waals surface area contributed by atoms with Crippen LogP contribution in [0.1, 0.15) is 35.2 Å². The molecule has 2 aliphatic heterocycles. The summed E-state index contributed by atoms with van der Waals surface area (Å²) in [5, 5.41) is 0. The Kier molecular flexibility index (Phi) is 4.68. The second kappa shape index (κ2) is 6.72. The van der Waals surface area contributed by atoms with Gasteiger partial charge in [0.1, 0.15) is 12.4 Å². The maximum absolute atomic E-state index is 14.8. The highest BCUT2D eigenvalue weighted by Crippen LogP contribution is 2.37. The Bertz CT molecular complexity index is 636. The average molecular weight is 316 g/mol. The molecule has 122 valence electrons. The number of allylic oxidation sites excluding steroid dienone is 1. The van der Waals surface area contributed by atoms with E-state index in [0.29, 0.717) is 11.1 Å². The van der Waals surface area contributed by atoms with Crippen LogP contribution in [0.4, 0.5) is 4.39 Å². The third-order valence-corrected chi connectivity index (χ3v) is 4.49. The summed E-state index contributed by atoms with van der Waals surface area (Å²) >= 11 is 0. The molecule has 0 spiro atoms. The molecule has 0 amide bonds. The number of ketones is 1. The number of aliphatic imine (C=N–C) groups is 1. The molecule has 1 aromatic rings. The van der Waals surface area contributed by atoms with Crippen molar-refractivity contribution in [3.8, 4) is 0 Å². The normalized spacial score (nSPS) is 24.3. The number of rotatable bonds is 5. The number of carbonyl (C=O) groups is 1. The number of carbonyl (C=O) groups excluding carboxylic acids is 1. The zero-order valence-electron chi connectivity index (χ0n) is 13.3. The van der Waals surface area contributed by atoms with Gasteiger partial charge >= 0.3 is 0 Å². The van der Waals surface area contributed by atoms with E-state index >= 15 is 0 Å². The monoisotopic (exact) mass is 316 g/mol. The van der Waals surface area contributed by atoms with Crippen molar-refractivity contribution in [2.45, 2.75) is 24.9 Å². The summed E-state index contributed by atoms with van der Waals surface area (Å²) in [6.07, 6.45) is 8.91. The summed E-state index contributed by atoms with van der Waals surface area (Å²) in [4.78, 5) is 18.7. The summed E-state index contributed by atoms with van der Waals surface area (Å²) in [5.74, 6) is -0.628. The minimum absolute atomic E-state index is 0.0475. The van der Waals surface area contributed by atoms with Crippen molar-refractivity contribution in [2.75, 3.05) is 26.8 Å². The van der Waals surface area contributed by atoms with Gasteiger partial charge in [-0.25, -0.2) is 4.39 Å². The molecule has 1 unspecified atom stereocenters. The Hall–Kier alpha value is -1.85. The third kappa shape index (κ3) is 2.99. The quantitative estimate of drug-likeness (QED) is 0.784. The van der Waals surface area contributed by atoms with Gasteiger partial charge in [-0.3, -0.25) is 14.7 Å². The maximum Gasteiger partial charge on any atom is 0.188 e. The van der Waals surface area contributed by atoms with Crippen LogP contribution in [-0.4, -0.2) is 43.7 Å². The second-order valence-electron chi connectivity index (χ2n) is 5.96. The number of nitrogens with zero attached hydrogens (tertiary/aromatic N) is 2. The first kappa shape index (κ1) is 16.0. The molecule has 5 heteroatoms. The van der Waals surface area contributed by atoms with Gasteiger partial charge in [-0.15, -0.1) is 0 Å². The van der Waals surface area contributed by atoms with Crippen LogP contribution in [0.3, 0.4) is 0 Å². The van der Waals surface area contributed by atoms with E-state index in [1.807, 2.05) is 12.2 Å². The highest BCUT2D eigenvalue weighted by Gasteiger charge is 2.39. The molecule has 23 heavy (non-hydrogen) atoms. The van der Waals surface area contributed by atoms with E-state index in [-0.39, 0.29) is 12.4 Å². The topological polar surface area (TPSA) is 41.9 Å². The van der Waals surface area contributed by atoms with E-state index in [0.717, 1.165) is 25.9 Å². The molecule has 2 heterocycles. The fourth-order valence-electron chi connectivity index (χ4n) is 3.33. The predicted octanol–water partition coefficient (Wildman–Crippen LogP) is 2.93. The molecule has 3 rings (SSSR count). The van der Waals surface area contributed by atoms with Crippen molar-refractivity contribution >= 4 is 12.0 Å². The van der Waals surface area contributed by atoms with Crippen LogP contribution in [0, 0.1) is 5.82 Å². The summed E-state index contributed by atoms with van der Waals surface area (Å²) in [6, 6.07) is 4.64. The van der Waals surface area contributed by atoms with E-state index in [2.05, 4.69) is 9.89 Å². The third-order valence-electron chi connectivity index (χ3n) is 4.49. The Morgan fingerprint density at radius 2 is 2.13 bits per heavy atom. The van der Waals surface area contributed by atoms with Gasteiger partial charge in [0.25, 0.3) is 0 Å². The zero-order valence-corrected chi connectivity index (χ0v) is 13.3. The minimum Gasteiger partial charge on any atom is -0.377 e. The van der Waals surface area contributed by atoms with Gasteiger partial charge in [0.2, 0.25) is 0 Å². The van der Waals surface area contributed by atoms with Crippen LogP contribution in [0.15, 0.2) is 35.3 Å². The number of hydrogen-bond donors (Lipinski definition) is 0.